The van der Waals surface area contributed by atoms with Crippen LogP contribution in [0.4, 0.5) is 0 Å². The highest BCUT2D eigenvalue weighted by Gasteiger charge is 2.48. The van der Waals surface area contributed by atoms with Gasteiger partial charge in [0.05, 0.1) is 12.5 Å². The molecule has 2 heterocycles. The van der Waals surface area contributed by atoms with Crippen molar-refractivity contribution in [3.8, 4) is 5.75 Å². The Morgan fingerprint density at radius 3 is 2.82 bits per heavy atom. The predicted octanol–water partition coefficient (Wildman–Crippen LogP) is 3.01. The molecule has 3 rings (SSSR count). The van der Waals surface area contributed by atoms with Crippen molar-refractivity contribution in [2.45, 2.75) is 51.6 Å². The minimum Gasteiger partial charge on any atom is -0.494 e. The zero-order valence-corrected chi connectivity index (χ0v) is 13.4. The van der Waals surface area contributed by atoms with Crippen LogP contribution in [0.1, 0.15) is 36.8 Å². The summed E-state index contributed by atoms with van der Waals surface area (Å²) in [6.07, 6.45) is 3.98. The maximum absolute atomic E-state index is 11.3. The molecule has 4 nitrogen and oxygen atoms in total. The van der Waals surface area contributed by atoms with Crippen LogP contribution in [0.2, 0.25) is 0 Å². The van der Waals surface area contributed by atoms with Crippen molar-refractivity contribution in [2.75, 3.05) is 13.2 Å². The summed E-state index contributed by atoms with van der Waals surface area (Å²) >= 11 is 0. The molecule has 2 fully saturated rings. The van der Waals surface area contributed by atoms with Gasteiger partial charge in [0.2, 0.25) is 0 Å². The van der Waals surface area contributed by atoms with Crippen molar-refractivity contribution in [2.24, 2.45) is 5.92 Å². The van der Waals surface area contributed by atoms with E-state index in [9.17, 15) is 9.90 Å². The Morgan fingerprint density at radius 1 is 1.32 bits per heavy atom. The Morgan fingerprint density at radius 2 is 2.14 bits per heavy atom. The molecule has 0 aromatic heterocycles. The highest BCUT2D eigenvalue weighted by molar-refractivity contribution is 5.71. The number of aliphatic carboxylic acids is 1. The minimum atomic E-state index is -0.622. The molecule has 0 radical (unpaired) electrons. The Balaban J connectivity index is 1.46. The number of aryl methyl sites for hydroxylation is 2. The monoisotopic (exact) mass is 303 g/mol. The van der Waals surface area contributed by atoms with E-state index in [1.807, 2.05) is 6.07 Å². The van der Waals surface area contributed by atoms with Gasteiger partial charge in [-0.3, -0.25) is 9.69 Å². The summed E-state index contributed by atoms with van der Waals surface area (Å²) in [5, 5.41) is 9.27. The van der Waals surface area contributed by atoms with Crippen LogP contribution < -0.4 is 4.74 Å². The first kappa shape index (κ1) is 15.3. The molecule has 1 N–H and O–H groups in total. The average molecular weight is 303 g/mol. The lowest BCUT2D eigenvalue weighted by Crippen LogP contribution is -2.34. The topological polar surface area (TPSA) is 49.8 Å². The van der Waals surface area contributed by atoms with Gasteiger partial charge in [0.25, 0.3) is 0 Å². The second-order valence-electron chi connectivity index (χ2n) is 6.66. The van der Waals surface area contributed by atoms with Gasteiger partial charge in [0.1, 0.15) is 5.75 Å². The molecular formula is C18H25NO3. The third-order valence-corrected chi connectivity index (χ3v) is 5.31. The largest absolute Gasteiger partial charge is 0.494 e. The second kappa shape index (κ2) is 6.29. The molecule has 2 aliphatic rings. The van der Waals surface area contributed by atoms with Crippen LogP contribution in [0.15, 0.2) is 18.2 Å². The first-order valence-corrected chi connectivity index (χ1v) is 8.25. The van der Waals surface area contributed by atoms with Crippen molar-refractivity contribution in [1.29, 1.82) is 0 Å². The maximum Gasteiger partial charge on any atom is 0.308 e. The van der Waals surface area contributed by atoms with E-state index in [4.69, 9.17) is 4.74 Å². The van der Waals surface area contributed by atoms with Gasteiger partial charge in [-0.05, 0) is 62.8 Å². The molecule has 0 spiro atoms. The van der Waals surface area contributed by atoms with Gasteiger partial charge in [-0.1, -0.05) is 6.07 Å². The summed E-state index contributed by atoms with van der Waals surface area (Å²) in [7, 11) is 0. The van der Waals surface area contributed by atoms with Crippen LogP contribution in [-0.4, -0.2) is 41.2 Å². The number of hydrogen-bond acceptors (Lipinski definition) is 3. The standard InChI is InChI=1S/C18H25NO3/c1-12-4-6-15(10-13(12)2)22-9-3-8-19-14-5-7-17(19)16(11-14)18(20)21/h4,6,10,14,16-17H,3,5,7-9,11H2,1-2H3,(H,20,21). The van der Waals surface area contributed by atoms with Gasteiger partial charge >= 0.3 is 5.97 Å². The molecule has 2 bridgehead atoms. The summed E-state index contributed by atoms with van der Waals surface area (Å²) in [6.45, 7) is 5.83. The number of carboxylic acids is 1. The Hall–Kier alpha value is -1.55. The Labute approximate surface area is 132 Å². The quantitative estimate of drug-likeness (QED) is 0.821. The lowest BCUT2D eigenvalue weighted by molar-refractivity contribution is -0.142. The number of ether oxygens (including phenoxy) is 1. The van der Waals surface area contributed by atoms with Crippen LogP contribution in [0.25, 0.3) is 0 Å². The molecule has 0 saturated carbocycles. The summed E-state index contributed by atoms with van der Waals surface area (Å²) in [5.74, 6) is 0.152. The van der Waals surface area contributed by atoms with E-state index in [1.54, 1.807) is 0 Å². The first-order valence-electron chi connectivity index (χ1n) is 8.25. The van der Waals surface area contributed by atoms with Crippen LogP contribution >= 0.6 is 0 Å². The van der Waals surface area contributed by atoms with Gasteiger partial charge < -0.3 is 9.84 Å². The zero-order chi connectivity index (χ0) is 15.7. The fourth-order valence-electron chi connectivity index (χ4n) is 3.96. The van der Waals surface area contributed by atoms with E-state index < -0.39 is 5.97 Å². The van der Waals surface area contributed by atoms with E-state index in [1.165, 1.54) is 11.1 Å². The molecule has 1 aromatic carbocycles. The number of carboxylic acid groups (broad SMARTS) is 1. The molecule has 3 atom stereocenters. The Kier molecular flexibility index (Phi) is 4.39. The van der Waals surface area contributed by atoms with Crippen LogP contribution in [0.3, 0.4) is 0 Å². The zero-order valence-electron chi connectivity index (χ0n) is 13.4. The molecule has 2 saturated heterocycles. The first-order chi connectivity index (χ1) is 10.6. The van der Waals surface area contributed by atoms with Gasteiger partial charge in [-0.15, -0.1) is 0 Å². The molecule has 22 heavy (non-hydrogen) atoms. The second-order valence-corrected chi connectivity index (χ2v) is 6.66. The number of rotatable bonds is 6. The van der Waals surface area contributed by atoms with E-state index in [0.717, 1.165) is 38.0 Å². The van der Waals surface area contributed by atoms with E-state index in [0.29, 0.717) is 12.6 Å². The highest BCUT2D eigenvalue weighted by atomic mass is 16.5. The van der Waals surface area contributed by atoms with E-state index in [-0.39, 0.29) is 12.0 Å². The number of fused-ring (bicyclic) bond motifs is 2. The van der Waals surface area contributed by atoms with Crippen molar-refractivity contribution in [3.63, 3.8) is 0 Å². The van der Waals surface area contributed by atoms with Crippen molar-refractivity contribution in [3.05, 3.63) is 29.3 Å². The van der Waals surface area contributed by atoms with Crippen molar-refractivity contribution < 1.29 is 14.6 Å². The molecule has 0 aliphatic carbocycles. The highest BCUT2D eigenvalue weighted by Crippen LogP contribution is 2.41. The Bertz CT molecular complexity index is 557. The third-order valence-electron chi connectivity index (χ3n) is 5.31. The fourth-order valence-corrected chi connectivity index (χ4v) is 3.96. The third kappa shape index (κ3) is 2.98. The lowest BCUT2D eigenvalue weighted by atomic mass is 9.89. The van der Waals surface area contributed by atoms with Crippen molar-refractivity contribution >= 4 is 5.97 Å². The molecule has 2 aliphatic heterocycles. The smallest absolute Gasteiger partial charge is 0.308 e. The molecule has 1 aromatic rings. The van der Waals surface area contributed by atoms with Gasteiger partial charge in [0.15, 0.2) is 0 Å². The number of hydrogen-bond donors (Lipinski definition) is 1. The van der Waals surface area contributed by atoms with Crippen molar-refractivity contribution in [1.82, 2.24) is 4.90 Å². The molecule has 0 amide bonds. The molecule has 120 valence electrons. The maximum atomic E-state index is 11.3. The average Bonchev–Trinajstić information content (AvgIpc) is 3.04. The van der Waals surface area contributed by atoms with Crippen LogP contribution in [-0.2, 0) is 4.79 Å². The SMILES string of the molecule is Cc1ccc(OCCCN2C3CCC2C(C(=O)O)C3)cc1C. The lowest BCUT2D eigenvalue weighted by Gasteiger charge is -2.22. The summed E-state index contributed by atoms with van der Waals surface area (Å²) < 4.78 is 5.82. The van der Waals surface area contributed by atoms with Crippen LogP contribution in [0.5, 0.6) is 5.75 Å². The van der Waals surface area contributed by atoms with E-state index >= 15 is 0 Å². The molecule has 4 heteroatoms. The fraction of sp³-hybridized carbons (Fsp3) is 0.611. The van der Waals surface area contributed by atoms with Gasteiger partial charge in [-0.2, -0.15) is 0 Å². The summed E-state index contributed by atoms with van der Waals surface area (Å²) in [6, 6.07) is 6.91. The number of benzene rings is 1. The van der Waals surface area contributed by atoms with Crippen LogP contribution in [0, 0.1) is 19.8 Å². The number of nitrogens with zero attached hydrogens (tertiary/aromatic N) is 1. The van der Waals surface area contributed by atoms with E-state index in [2.05, 4.69) is 30.9 Å². The molecule has 3 unspecified atom stereocenters. The normalized spacial score (nSPS) is 27.3. The predicted molar refractivity (Wildman–Crippen MR) is 85.3 cm³/mol. The summed E-state index contributed by atoms with van der Waals surface area (Å²) in [5.41, 5.74) is 2.53. The summed E-state index contributed by atoms with van der Waals surface area (Å²) in [4.78, 5) is 13.7. The van der Waals surface area contributed by atoms with Gasteiger partial charge in [-0.25, -0.2) is 0 Å². The molecular weight excluding hydrogens is 278 g/mol. The minimum absolute atomic E-state index is 0.153. The van der Waals surface area contributed by atoms with Gasteiger partial charge in [0, 0.05) is 18.6 Å². The number of carbonyl (C=O) groups is 1.